The van der Waals surface area contributed by atoms with Crippen LogP contribution in [0.5, 0.6) is 0 Å². The molecule has 0 aromatic heterocycles. The molecule has 2 aliphatic rings. The van der Waals surface area contributed by atoms with Crippen LogP contribution < -0.4 is 5.73 Å². The standard InChI is InChI=1S/C7H11NO2/c8-7-4(3-9)5-1-2-6(7)10-5/h1-2,4-7,9H,3,8H2/t4?,5-,6+,7?/m1/s1. The maximum absolute atomic E-state index is 8.86. The Balaban J connectivity index is 2.18. The first kappa shape index (κ1) is 6.34. The third-order valence-electron chi connectivity index (χ3n) is 2.31. The molecule has 0 aliphatic carbocycles. The first-order valence-electron chi connectivity index (χ1n) is 3.53. The van der Waals surface area contributed by atoms with E-state index in [4.69, 9.17) is 15.6 Å². The van der Waals surface area contributed by atoms with Gasteiger partial charge >= 0.3 is 0 Å². The molecule has 3 N–H and O–H groups in total. The van der Waals surface area contributed by atoms with Gasteiger partial charge in [-0.15, -0.1) is 0 Å². The van der Waals surface area contributed by atoms with Crippen LogP contribution in [-0.2, 0) is 4.74 Å². The minimum atomic E-state index is -0.000000000000000222. The Hall–Kier alpha value is -0.380. The van der Waals surface area contributed by atoms with Gasteiger partial charge in [0.05, 0.1) is 18.8 Å². The normalized spacial score (nSPS) is 50.6. The van der Waals surface area contributed by atoms with Crippen LogP contribution in [-0.4, -0.2) is 30.0 Å². The van der Waals surface area contributed by atoms with E-state index in [2.05, 4.69) is 0 Å². The van der Waals surface area contributed by atoms with Crippen molar-refractivity contribution < 1.29 is 9.84 Å². The zero-order valence-corrected chi connectivity index (χ0v) is 5.60. The molecule has 2 rings (SSSR count). The van der Waals surface area contributed by atoms with Gasteiger partial charge in [-0.25, -0.2) is 0 Å². The zero-order valence-electron chi connectivity index (χ0n) is 5.60. The second kappa shape index (κ2) is 2.05. The van der Waals surface area contributed by atoms with Crippen molar-refractivity contribution in [1.82, 2.24) is 0 Å². The Morgan fingerprint density at radius 3 is 2.50 bits per heavy atom. The van der Waals surface area contributed by atoms with Gasteiger partial charge in [-0.2, -0.15) is 0 Å². The lowest BCUT2D eigenvalue weighted by Gasteiger charge is -2.18. The van der Waals surface area contributed by atoms with Gasteiger partial charge in [0.25, 0.3) is 0 Å². The van der Waals surface area contributed by atoms with Gasteiger partial charge in [-0.05, 0) is 0 Å². The summed E-state index contributed by atoms with van der Waals surface area (Å²) in [6.07, 6.45) is 4.09. The number of hydrogen-bond donors (Lipinski definition) is 2. The summed E-state index contributed by atoms with van der Waals surface area (Å²) >= 11 is 0. The average Bonchev–Trinajstić information content (AvgIpc) is 2.46. The van der Waals surface area contributed by atoms with Gasteiger partial charge in [-0.1, -0.05) is 12.2 Å². The highest BCUT2D eigenvalue weighted by atomic mass is 16.5. The highest BCUT2D eigenvalue weighted by molar-refractivity contribution is 5.16. The highest BCUT2D eigenvalue weighted by Crippen LogP contribution is 2.32. The number of aliphatic hydroxyl groups excluding tert-OH is 1. The summed E-state index contributed by atoms with van der Waals surface area (Å²) in [6.45, 7) is 0.132. The minimum absolute atomic E-state index is 0.000000000000000222. The van der Waals surface area contributed by atoms with Crippen molar-refractivity contribution in [2.45, 2.75) is 18.2 Å². The molecule has 1 saturated heterocycles. The van der Waals surface area contributed by atoms with E-state index in [-0.39, 0.29) is 30.8 Å². The summed E-state index contributed by atoms with van der Waals surface area (Å²) in [5.74, 6) is 0.120. The third-order valence-corrected chi connectivity index (χ3v) is 2.31. The molecule has 1 fully saturated rings. The molecule has 0 radical (unpaired) electrons. The van der Waals surface area contributed by atoms with Crippen molar-refractivity contribution in [1.29, 1.82) is 0 Å². The van der Waals surface area contributed by atoms with Crippen LogP contribution in [0, 0.1) is 5.92 Å². The molecule has 2 aliphatic heterocycles. The summed E-state index contributed by atoms with van der Waals surface area (Å²) in [7, 11) is 0. The van der Waals surface area contributed by atoms with E-state index in [0.717, 1.165) is 0 Å². The molecule has 3 heteroatoms. The van der Waals surface area contributed by atoms with E-state index in [1.807, 2.05) is 12.2 Å². The minimum Gasteiger partial charge on any atom is -0.396 e. The smallest absolute Gasteiger partial charge is 0.0920 e. The summed E-state index contributed by atoms with van der Waals surface area (Å²) in [5.41, 5.74) is 5.74. The Bertz CT molecular complexity index is 169. The van der Waals surface area contributed by atoms with E-state index in [9.17, 15) is 0 Å². The second-order valence-electron chi connectivity index (χ2n) is 2.87. The molecule has 2 bridgehead atoms. The molecular formula is C7H11NO2. The van der Waals surface area contributed by atoms with Crippen LogP contribution in [0.4, 0.5) is 0 Å². The summed E-state index contributed by atoms with van der Waals surface area (Å²) in [6, 6.07) is -0.000000000000000222. The Kier molecular flexibility index (Phi) is 1.30. The van der Waals surface area contributed by atoms with Crippen molar-refractivity contribution in [3.05, 3.63) is 12.2 Å². The van der Waals surface area contributed by atoms with E-state index < -0.39 is 0 Å². The topological polar surface area (TPSA) is 55.5 Å². The van der Waals surface area contributed by atoms with E-state index in [1.54, 1.807) is 0 Å². The Morgan fingerprint density at radius 1 is 1.40 bits per heavy atom. The van der Waals surface area contributed by atoms with Crippen molar-refractivity contribution in [2.75, 3.05) is 6.61 Å². The number of fused-ring (bicyclic) bond motifs is 2. The predicted octanol–water partition coefficient (Wildman–Crippen LogP) is -0.741. The Morgan fingerprint density at radius 2 is 2.10 bits per heavy atom. The molecule has 0 aromatic carbocycles. The van der Waals surface area contributed by atoms with Gasteiger partial charge in [0.1, 0.15) is 0 Å². The fourth-order valence-electron chi connectivity index (χ4n) is 1.64. The third kappa shape index (κ3) is 0.653. The molecule has 2 heterocycles. The number of aliphatic hydroxyl groups is 1. The molecule has 56 valence electrons. The first-order valence-corrected chi connectivity index (χ1v) is 3.53. The maximum Gasteiger partial charge on any atom is 0.0920 e. The lowest BCUT2D eigenvalue weighted by atomic mass is 9.91. The summed E-state index contributed by atoms with van der Waals surface area (Å²) in [5, 5.41) is 8.86. The van der Waals surface area contributed by atoms with Crippen LogP contribution in [0.15, 0.2) is 12.2 Å². The lowest BCUT2D eigenvalue weighted by Crippen LogP contribution is -2.39. The van der Waals surface area contributed by atoms with Crippen LogP contribution in [0.3, 0.4) is 0 Å². The zero-order chi connectivity index (χ0) is 7.14. The summed E-state index contributed by atoms with van der Waals surface area (Å²) in [4.78, 5) is 0. The lowest BCUT2D eigenvalue weighted by molar-refractivity contribution is 0.0946. The molecule has 3 nitrogen and oxygen atoms in total. The average molecular weight is 141 g/mol. The molecule has 0 aromatic rings. The van der Waals surface area contributed by atoms with Crippen molar-refractivity contribution in [3.8, 4) is 0 Å². The molecule has 10 heavy (non-hydrogen) atoms. The van der Waals surface area contributed by atoms with E-state index >= 15 is 0 Å². The van der Waals surface area contributed by atoms with Crippen molar-refractivity contribution >= 4 is 0 Å². The van der Waals surface area contributed by atoms with Crippen LogP contribution in [0.2, 0.25) is 0 Å². The SMILES string of the molecule is NC1C(CO)[C@H]2C=C[C@@H]1O2. The predicted molar refractivity (Wildman–Crippen MR) is 36.4 cm³/mol. The van der Waals surface area contributed by atoms with Gasteiger partial charge in [0, 0.05) is 12.0 Å². The molecule has 0 amide bonds. The maximum atomic E-state index is 8.86. The van der Waals surface area contributed by atoms with Crippen molar-refractivity contribution in [2.24, 2.45) is 11.7 Å². The van der Waals surface area contributed by atoms with E-state index in [1.165, 1.54) is 0 Å². The van der Waals surface area contributed by atoms with Crippen LogP contribution in [0.1, 0.15) is 0 Å². The quantitative estimate of drug-likeness (QED) is 0.473. The number of hydrogen-bond acceptors (Lipinski definition) is 3. The van der Waals surface area contributed by atoms with Crippen molar-refractivity contribution in [3.63, 3.8) is 0 Å². The van der Waals surface area contributed by atoms with E-state index in [0.29, 0.717) is 0 Å². The largest absolute Gasteiger partial charge is 0.396 e. The van der Waals surface area contributed by atoms with Gasteiger partial charge in [-0.3, -0.25) is 0 Å². The molecule has 4 atom stereocenters. The first-order chi connectivity index (χ1) is 4.83. The van der Waals surface area contributed by atoms with Gasteiger partial charge < -0.3 is 15.6 Å². The Labute approximate surface area is 59.5 Å². The van der Waals surface area contributed by atoms with Crippen LogP contribution in [0.25, 0.3) is 0 Å². The molecular weight excluding hydrogens is 130 g/mol. The molecule has 0 spiro atoms. The fourth-order valence-corrected chi connectivity index (χ4v) is 1.64. The second-order valence-corrected chi connectivity index (χ2v) is 2.87. The fraction of sp³-hybridized carbons (Fsp3) is 0.714. The molecule has 2 unspecified atom stereocenters. The van der Waals surface area contributed by atoms with Gasteiger partial charge in [0.15, 0.2) is 0 Å². The number of nitrogens with two attached hydrogens (primary N) is 1. The van der Waals surface area contributed by atoms with Gasteiger partial charge in [0.2, 0.25) is 0 Å². The number of rotatable bonds is 1. The monoisotopic (exact) mass is 141 g/mol. The highest BCUT2D eigenvalue weighted by Gasteiger charge is 2.43. The molecule has 0 saturated carbocycles. The number of ether oxygens (including phenoxy) is 1. The summed E-state index contributed by atoms with van der Waals surface area (Å²) < 4.78 is 5.39. The van der Waals surface area contributed by atoms with Crippen LogP contribution >= 0.6 is 0 Å².